The molecule has 0 unspecified atom stereocenters. The van der Waals surface area contributed by atoms with Gasteiger partial charge >= 0.3 is 0 Å². The zero-order chi connectivity index (χ0) is 17.1. The Labute approximate surface area is 145 Å². The fraction of sp³-hybridized carbons (Fsp3) is 0.263. The lowest BCUT2D eigenvalue weighted by Crippen LogP contribution is -2.36. The summed E-state index contributed by atoms with van der Waals surface area (Å²) in [5, 5.41) is 14.5. The quantitative estimate of drug-likeness (QED) is 0.777. The molecule has 0 fully saturated rings. The van der Waals surface area contributed by atoms with Gasteiger partial charge in [0.25, 0.3) is 0 Å². The van der Waals surface area contributed by atoms with Crippen LogP contribution in [0.25, 0.3) is 0 Å². The van der Waals surface area contributed by atoms with Crippen LogP contribution in [0, 0.1) is 0 Å². The standard InChI is InChI=1S/C19H19N5O/c25-19(21-17-11-10-15-8-4-5-9-16(15)17)18(24-13-20-22-23-24)12-14-6-2-1-3-7-14/h1-9,13,17-18H,10-12H2,(H,21,25)/t17-,18+/m0/s1. The Kier molecular flexibility index (Phi) is 4.24. The van der Waals surface area contributed by atoms with Crippen LogP contribution in [-0.4, -0.2) is 26.1 Å². The number of amides is 1. The van der Waals surface area contributed by atoms with E-state index in [4.69, 9.17) is 0 Å². The van der Waals surface area contributed by atoms with Crippen molar-refractivity contribution < 1.29 is 4.79 Å². The molecule has 0 bridgehead atoms. The third-order valence-electron chi connectivity index (χ3n) is 4.71. The van der Waals surface area contributed by atoms with Gasteiger partial charge in [-0.25, -0.2) is 4.68 Å². The van der Waals surface area contributed by atoms with Crippen LogP contribution < -0.4 is 5.32 Å². The van der Waals surface area contributed by atoms with E-state index in [1.165, 1.54) is 22.1 Å². The highest BCUT2D eigenvalue weighted by molar-refractivity contribution is 5.81. The average molecular weight is 333 g/mol. The SMILES string of the molecule is O=C(N[C@H]1CCc2ccccc21)[C@@H](Cc1ccccc1)n1cnnn1. The largest absolute Gasteiger partial charge is 0.347 e. The smallest absolute Gasteiger partial charge is 0.245 e. The number of aryl methyl sites for hydroxylation is 1. The summed E-state index contributed by atoms with van der Waals surface area (Å²) in [5.41, 5.74) is 3.60. The van der Waals surface area contributed by atoms with E-state index in [1.807, 2.05) is 42.5 Å². The zero-order valence-electron chi connectivity index (χ0n) is 13.7. The van der Waals surface area contributed by atoms with E-state index in [0.717, 1.165) is 18.4 Å². The van der Waals surface area contributed by atoms with E-state index in [-0.39, 0.29) is 11.9 Å². The fourth-order valence-corrected chi connectivity index (χ4v) is 3.43. The average Bonchev–Trinajstić information content (AvgIpc) is 3.31. The Hall–Kier alpha value is -3.02. The molecular formula is C19H19N5O. The molecule has 0 saturated heterocycles. The van der Waals surface area contributed by atoms with Gasteiger partial charge in [-0.05, 0) is 40.0 Å². The van der Waals surface area contributed by atoms with E-state index in [1.54, 1.807) is 0 Å². The summed E-state index contributed by atoms with van der Waals surface area (Å²) in [6, 6.07) is 17.8. The molecule has 1 aliphatic rings. The zero-order valence-corrected chi connectivity index (χ0v) is 13.7. The van der Waals surface area contributed by atoms with Crippen molar-refractivity contribution in [2.24, 2.45) is 0 Å². The van der Waals surface area contributed by atoms with Gasteiger partial charge in [-0.15, -0.1) is 5.10 Å². The summed E-state index contributed by atoms with van der Waals surface area (Å²) in [7, 11) is 0. The van der Waals surface area contributed by atoms with Crippen molar-refractivity contribution in [1.82, 2.24) is 25.5 Å². The second kappa shape index (κ2) is 6.84. The molecule has 1 amide bonds. The number of nitrogens with zero attached hydrogens (tertiary/aromatic N) is 4. The first-order chi connectivity index (χ1) is 12.3. The normalized spacial score (nSPS) is 17.0. The molecule has 126 valence electrons. The van der Waals surface area contributed by atoms with Crippen LogP contribution in [0.1, 0.15) is 35.2 Å². The first kappa shape index (κ1) is 15.5. The molecule has 0 radical (unpaired) electrons. The molecule has 1 N–H and O–H groups in total. The van der Waals surface area contributed by atoms with Crippen molar-refractivity contribution in [2.75, 3.05) is 0 Å². The molecule has 6 nitrogen and oxygen atoms in total. The van der Waals surface area contributed by atoms with Crippen LogP contribution in [0.5, 0.6) is 0 Å². The Morgan fingerprint density at radius 3 is 2.76 bits per heavy atom. The third kappa shape index (κ3) is 3.28. The molecule has 0 saturated carbocycles. The minimum absolute atomic E-state index is 0.0541. The Bertz CT molecular complexity index is 847. The van der Waals surface area contributed by atoms with E-state index in [0.29, 0.717) is 6.42 Å². The third-order valence-corrected chi connectivity index (χ3v) is 4.71. The Morgan fingerprint density at radius 2 is 1.96 bits per heavy atom. The molecule has 3 aromatic rings. The molecule has 4 rings (SSSR count). The topological polar surface area (TPSA) is 72.7 Å². The minimum atomic E-state index is -0.467. The molecule has 1 aromatic heterocycles. The van der Waals surface area contributed by atoms with Crippen LogP contribution in [0.4, 0.5) is 0 Å². The summed E-state index contributed by atoms with van der Waals surface area (Å²) >= 11 is 0. The van der Waals surface area contributed by atoms with Gasteiger partial charge in [0, 0.05) is 6.42 Å². The maximum atomic E-state index is 13.0. The second-order valence-electron chi connectivity index (χ2n) is 6.29. The molecule has 0 aliphatic heterocycles. The lowest BCUT2D eigenvalue weighted by molar-refractivity contribution is -0.125. The summed E-state index contributed by atoms with van der Waals surface area (Å²) in [6.45, 7) is 0. The molecule has 2 aromatic carbocycles. The number of hydrogen-bond donors (Lipinski definition) is 1. The van der Waals surface area contributed by atoms with Gasteiger partial charge in [0.05, 0.1) is 6.04 Å². The van der Waals surface area contributed by atoms with E-state index in [2.05, 4.69) is 33.0 Å². The first-order valence-corrected chi connectivity index (χ1v) is 8.46. The van der Waals surface area contributed by atoms with Crippen LogP contribution in [0.15, 0.2) is 60.9 Å². The molecule has 2 atom stereocenters. The molecule has 1 heterocycles. The van der Waals surface area contributed by atoms with E-state index >= 15 is 0 Å². The van der Waals surface area contributed by atoms with Gasteiger partial charge in [-0.3, -0.25) is 4.79 Å². The monoisotopic (exact) mass is 333 g/mol. The van der Waals surface area contributed by atoms with Crippen molar-refractivity contribution in [3.05, 3.63) is 77.6 Å². The molecule has 1 aliphatic carbocycles. The van der Waals surface area contributed by atoms with Crippen molar-refractivity contribution in [2.45, 2.75) is 31.3 Å². The van der Waals surface area contributed by atoms with E-state index in [9.17, 15) is 4.79 Å². The number of carbonyl (C=O) groups is 1. The summed E-state index contributed by atoms with van der Waals surface area (Å²) < 4.78 is 1.53. The number of tetrazole rings is 1. The van der Waals surface area contributed by atoms with Crippen molar-refractivity contribution in [3.8, 4) is 0 Å². The molecule has 6 heteroatoms. The van der Waals surface area contributed by atoms with Gasteiger partial charge in [0.15, 0.2) is 0 Å². The fourth-order valence-electron chi connectivity index (χ4n) is 3.43. The Morgan fingerprint density at radius 1 is 1.16 bits per heavy atom. The van der Waals surface area contributed by atoms with E-state index < -0.39 is 6.04 Å². The summed E-state index contributed by atoms with van der Waals surface area (Å²) in [5.74, 6) is -0.0575. The molecular weight excluding hydrogens is 314 g/mol. The van der Waals surface area contributed by atoms with Gasteiger partial charge in [0.1, 0.15) is 12.4 Å². The van der Waals surface area contributed by atoms with Crippen LogP contribution in [0.2, 0.25) is 0 Å². The number of rotatable bonds is 5. The van der Waals surface area contributed by atoms with Gasteiger partial charge in [-0.2, -0.15) is 0 Å². The van der Waals surface area contributed by atoms with Gasteiger partial charge in [0.2, 0.25) is 5.91 Å². The number of carbonyl (C=O) groups excluding carboxylic acids is 1. The second-order valence-corrected chi connectivity index (χ2v) is 6.29. The highest BCUT2D eigenvalue weighted by Gasteiger charge is 2.28. The molecule has 25 heavy (non-hydrogen) atoms. The van der Waals surface area contributed by atoms with Crippen LogP contribution >= 0.6 is 0 Å². The number of benzene rings is 2. The van der Waals surface area contributed by atoms with Gasteiger partial charge in [-0.1, -0.05) is 54.6 Å². The minimum Gasteiger partial charge on any atom is -0.347 e. The summed E-state index contributed by atoms with van der Waals surface area (Å²) in [4.78, 5) is 13.0. The summed E-state index contributed by atoms with van der Waals surface area (Å²) in [6.07, 6.45) is 3.97. The van der Waals surface area contributed by atoms with Crippen molar-refractivity contribution in [1.29, 1.82) is 0 Å². The number of hydrogen-bond acceptors (Lipinski definition) is 4. The van der Waals surface area contributed by atoms with Gasteiger partial charge < -0.3 is 5.32 Å². The highest BCUT2D eigenvalue weighted by Crippen LogP contribution is 2.31. The lowest BCUT2D eigenvalue weighted by atomic mass is 10.0. The molecule has 0 spiro atoms. The van der Waals surface area contributed by atoms with Crippen LogP contribution in [-0.2, 0) is 17.6 Å². The van der Waals surface area contributed by atoms with Crippen molar-refractivity contribution >= 4 is 5.91 Å². The number of nitrogens with one attached hydrogen (secondary N) is 1. The maximum absolute atomic E-state index is 13.0. The van der Waals surface area contributed by atoms with Crippen LogP contribution in [0.3, 0.4) is 0 Å². The predicted molar refractivity (Wildman–Crippen MR) is 92.6 cm³/mol. The number of aromatic nitrogens is 4. The number of fused-ring (bicyclic) bond motifs is 1. The predicted octanol–water partition coefficient (Wildman–Crippen LogP) is 2.26. The van der Waals surface area contributed by atoms with Crippen molar-refractivity contribution in [3.63, 3.8) is 0 Å². The highest BCUT2D eigenvalue weighted by atomic mass is 16.2. The first-order valence-electron chi connectivity index (χ1n) is 8.46. The maximum Gasteiger partial charge on any atom is 0.245 e. The lowest BCUT2D eigenvalue weighted by Gasteiger charge is -2.20. The Balaban J connectivity index is 1.54.